The number of ether oxygens (including phenoxy) is 1. The van der Waals surface area contributed by atoms with E-state index in [2.05, 4.69) is 25.7 Å². The van der Waals surface area contributed by atoms with Crippen LogP contribution >= 0.6 is 0 Å². The number of anilines is 2. The number of carbonyl (C=O) groups excluding carboxylic acids is 1. The number of rotatable bonds is 9. The normalized spacial score (nSPS) is 22.6. The first-order chi connectivity index (χ1) is 16.4. The van der Waals surface area contributed by atoms with Crippen LogP contribution in [0, 0.1) is 24.6 Å². The molecule has 11 nitrogen and oxygen atoms in total. The minimum atomic E-state index is -0.623. The van der Waals surface area contributed by atoms with Crippen LogP contribution in [0.1, 0.15) is 37.9 Å². The Balaban J connectivity index is 1.42. The van der Waals surface area contributed by atoms with Gasteiger partial charge in [0.2, 0.25) is 11.7 Å². The summed E-state index contributed by atoms with van der Waals surface area (Å²) in [6.07, 6.45) is 4.95. The summed E-state index contributed by atoms with van der Waals surface area (Å²) in [7, 11) is 0. The highest BCUT2D eigenvalue weighted by Crippen LogP contribution is 2.31. The molecular formula is C22H36FN7O4. The lowest BCUT2D eigenvalue weighted by atomic mass is 9.92. The second-order valence-corrected chi connectivity index (χ2v) is 9.50. The predicted molar refractivity (Wildman–Crippen MR) is 123 cm³/mol. The molecule has 1 aromatic rings. The predicted octanol–water partition coefficient (Wildman–Crippen LogP) is 0.726. The minimum absolute atomic E-state index is 0.00914. The number of hydrogen-bond donors (Lipinski definition) is 4. The van der Waals surface area contributed by atoms with E-state index in [1.54, 1.807) is 6.92 Å². The lowest BCUT2D eigenvalue weighted by molar-refractivity contribution is -0.158. The monoisotopic (exact) mass is 481 g/mol. The van der Waals surface area contributed by atoms with Gasteiger partial charge in [0.25, 0.3) is 0 Å². The van der Waals surface area contributed by atoms with E-state index in [4.69, 9.17) is 4.74 Å². The summed E-state index contributed by atoms with van der Waals surface area (Å²) in [5.74, 6) is -0.668. The van der Waals surface area contributed by atoms with E-state index in [1.807, 2.05) is 4.90 Å². The molecule has 12 heteroatoms. The van der Waals surface area contributed by atoms with E-state index < -0.39 is 18.5 Å². The van der Waals surface area contributed by atoms with E-state index in [-0.39, 0.29) is 30.1 Å². The lowest BCUT2D eigenvalue weighted by Gasteiger charge is -2.44. The molecule has 34 heavy (non-hydrogen) atoms. The number of nitrogens with zero attached hydrogens (tertiary/aromatic N) is 5. The number of fused-ring (bicyclic) bond motifs is 1. The number of aryl methyl sites for hydroxylation is 1. The molecule has 3 fully saturated rings. The maximum Gasteiger partial charge on any atom is 0.242 e. The number of hydrogen-bond acceptors (Lipinski definition) is 10. The zero-order chi connectivity index (χ0) is 24.1. The number of aliphatic hydroxyl groups is 1. The molecule has 1 saturated carbocycles. The lowest BCUT2D eigenvalue weighted by Crippen LogP contribution is -2.58. The van der Waals surface area contributed by atoms with E-state index in [0.717, 1.165) is 45.4 Å². The zero-order valence-corrected chi connectivity index (χ0v) is 19.7. The summed E-state index contributed by atoms with van der Waals surface area (Å²) < 4.78 is 21.0. The van der Waals surface area contributed by atoms with Gasteiger partial charge >= 0.3 is 0 Å². The Kier molecular flexibility index (Phi) is 8.48. The van der Waals surface area contributed by atoms with Crippen molar-refractivity contribution in [3.8, 4) is 0 Å². The summed E-state index contributed by atoms with van der Waals surface area (Å²) in [5.41, 5.74) is 5.20. The quantitative estimate of drug-likeness (QED) is 0.296. The molecule has 0 radical (unpaired) electrons. The number of piperazine rings is 1. The summed E-state index contributed by atoms with van der Waals surface area (Å²) >= 11 is 0. The van der Waals surface area contributed by atoms with Gasteiger partial charge < -0.3 is 20.0 Å². The molecule has 1 aromatic heterocycles. The van der Waals surface area contributed by atoms with Gasteiger partial charge in [-0.15, -0.1) is 0 Å². The summed E-state index contributed by atoms with van der Waals surface area (Å²) in [6, 6.07) is 0.192. The molecule has 0 unspecified atom stereocenters. The maximum absolute atomic E-state index is 15.4. The fourth-order valence-corrected chi connectivity index (χ4v) is 5.22. The highest BCUT2D eigenvalue weighted by molar-refractivity contribution is 5.80. The Morgan fingerprint density at radius 1 is 1.29 bits per heavy atom. The number of aliphatic hydroxyl groups excluding tert-OH is 1. The first kappa shape index (κ1) is 25.0. The van der Waals surface area contributed by atoms with Crippen molar-refractivity contribution in [1.82, 2.24) is 25.4 Å². The Morgan fingerprint density at radius 2 is 2.09 bits per heavy atom. The zero-order valence-electron chi connectivity index (χ0n) is 19.7. The number of hydrazine groups is 1. The van der Waals surface area contributed by atoms with Gasteiger partial charge in [0.15, 0.2) is 11.6 Å². The van der Waals surface area contributed by atoms with E-state index in [1.165, 1.54) is 0 Å². The van der Waals surface area contributed by atoms with Gasteiger partial charge in [-0.1, -0.05) is 25.7 Å². The minimum Gasteiger partial charge on any atom is -0.379 e. The first-order valence-corrected chi connectivity index (χ1v) is 12.2. The number of morpholine rings is 1. The third kappa shape index (κ3) is 6.11. The molecule has 2 aliphatic heterocycles. The Hall–Kier alpha value is -2.12. The van der Waals surface area contributed by atoms with Gasteiger partial charge in [0.1, 0.15) is 12.6 Å². The number of amides is 1. The van der Waals surface area contributed by atoms with Crippen LogP contribution in [0.3, 0.4) is 0 Å². The average molecular weight is 482 g/mol. The molecule has 1 amide bonds. The third-order valence-electron chi connectivity index (χ3n) is 7.04. The fraction of sp³-hybridized carbons (Fsp3) is 0.773. The SMILES string of the molecule is Cc1nc(NNC(=O)[C@H](CC2CCCC2)CN(O)CO)c(F)c(N2CCN3CCOC[C@@H]3C2)n1. The van der Waals surface area contributed by atoms with E-state index in [9.17, 15) is 15.1 Å². The maximum atomic E-state index is 15.4. The Morgan fingerprint density at radius 3 is 2.85 bits per heavy atom. The standard InChI is InChI=1S/C22H36FN7O4/c1-15-24-20(19(23)21(25-15)29-7-6-28-8-9-34-13-18(28)12-29)26-27-22(32)17(11-30(33)14-31)10-16-4-2-3-5-16/h16-18,31,33H,2-14H2,1H3,(H,27,32)(H,24,25,26)/t17-,18+/m1/s1. The molecule has 0 aromatic carbocycles. The van der Waals surface area contributed by atoms with Gasteiger partial charge in [-0.3, -0.25) is 20.5 Å². The highest BCUT2D eigenvalue weighted by Gasteiger charge is 2.32. The summed E-state index contributed by atoms with van der Waals surface area (Å²) in [6.45, 7) is 5.38. The molecule has 3 heterocycles. The number of halogens is 1. The van der Waals surface area contributed by atoms with E-state index in [0.29, 0.717) is 42.9 Å². The molecule has 190 valence electrons. The first-order valence-electron chi connectivity index (χ1n) is 12.2. The van der Waals surface area contributed by atoms with Crippen LogP contribution < -0.4 is 15.8 Å². The smallest absolute Gasteiger partial charge is 0.242 e. The molecule has 2 saturated heterocycles. The van der Waals surface area contributed by atoms with Crippen LogP contribution in [0.5, 0.6) is 0 Å². The topological polar surface area (TPSA) is 126 Å². The second kappa shape index (κ2) is 11.5. The molecule has 2 atom stereocenters. The van der Waals surface area contributed by atoms with Crippen molar-refractivity contribution in [2.75, 3.05) is 63.0 Å². The van der Waals surface area contributed by atoms with Crippen molar-refractivity contribution in [2.24, 2.45) is 11.8 Å². The van der Waals surface area contributed by atoms with Crippen molar-refractivity contribution in [3.05, 3.63) is 11.6 Å². The van der Waals surface area contributed by atoms with Crippen molar-refractivity contribution >= 4 is 17.5 Å². The number of hydroxylamine groups is 2. The van der Waals surface area contributed by atoms with Crippen molar-refractivity contribution in [1.29, 1.82) is 0 Å². The largest absolute Gasteiger partial charge is 0.379 e. The van der Waals surface area contributed by atoms with Crippen molar-refractivity contribution < 1.29 is 24.2 Å². The summed E-state index contributed by atoms with van der Waals surface area (Å²) in [4.78, 5) is 25.6. The van der Waals surface area contributed by atoms with Gasteiger partial charge in [-0.05, 0) is 19.3 Å². The van der Waals surface area contributed by atoms with Crippen LogP contribution in [0.25, 0.3) is 0 Å². The number of nitrogens with one attached hydrogen (secondary N) is 2. The molecule has 0 spiro atoms. The third-order valence-corrected chi connectivity index (χ3v) is 7.04. The molecule has 4 rings (SSSR count). The van der Waals surface area contributed by atoms with Crippen LogP contribution in [-0.4, -0.2) is 94.9 Å². The molecule has 0 bridgehead atoms. The van der Waals surface area contributed by atoms with Gasteiger partial charge in [0, 0.05) is 32.7 Å². The molecule has 4 N–H and O–H groups in total. The number of carbonyl (C=O) groups is 1. The second-order valence-electron chi connectivity index (χ2n) is 9.50. The highest BCUT2D eigenvalue weighted by atomic mass is 19.1. The Bertz CT molecular complexity index is 842. The molecular weight excluding hydrogens is 445 g/mol. The number of aromatic nitrogens is 2. The molecule has 3 aliphatic rings. The van der Waals surface area contributed by atoms with Crippen LogP contribution in [-0.2, 0) is 9.53 Å². The van der Waals surface area contributed by atoms with Crippen LogP contribution in [0.4, 0.5) is 16.0 Å². The van der Waals surface area contributed by atoms with Gasteiger partial charge in [-0.2, -0.15) is 9.45 Å². The Labute approximate surface area is 199 Å². The van der Waals surface area contributed by atoms with Crippen molar-refractivity contribution in [3.63, 3.8) is 0 Å². The van der Waals surface area contributed by atoms with Crippen molar-refractivity contribution in [2.45, 2.75) is 45.1 Å². The van der Waals surface area contributed by atoms with Gasteiger partial charge in [-0.25, -0.2) is 9.97 Å². The van der Waals surface area contributed by atoms with Gasteiger partial charge in [0.05, 0.1) is 25.2 Å². The van der Waals surface area contributed by atoms with Crippen LogP contribution in [0.2, 0.25) is 0 Å². The molecule has 1 aliphatic carbocycles. The summed E-state index contributed by atoms with van der Waals surface area (Å²) in [5, 5.41) is 19.6. The van der Waals surface area contributed by atoms with Crippen LogP contribution in [0.15, 0.2) is 0 Å². The van der Waals surface area contributed by atoms with E-state index >= 15 is 4.39 Å². The average Bonchev–Trinajstić information content (AvgIpc) is 3.36. The fourth-order valence-electron chi connectivity index (χ4n) is 5.22.